The molecular formula is C29H37ClN6O. The van der Waals surface area contributed by atoms with Crippen LogP contribution in [0.1, 0.15) is 60.9 Å². The van der Waals surface area contributed by atoms with Crippen molar-refractivity contribution in [1.82, 2.24) is 20.2 Å². The SMILES string of the molecule is CN1CCC[C@H]1COc1nc2c(c(N3CCN[C@@H](CC#N)C3)n1)CCC1(CCCc3cc(Cl)ccc31)C2. The van der Waals surface area contributed by atoms with Gasteiger partial charge in [0.25, 0.3) is 0 Å². The van der Waals surface area contributed by atoms with Crippen molar-refractivity contribution in [3.8, 4) is 12.1 Å². The van der Waals surface area contributed by atoms with Crippen LogP contribution in [0.2, 0.25) is 5.02 Å². The summed E-state index contributed by atoms with van der Waals surface area (Å²) in [6.07, 6.45) is 9.33. The lowest BCUT2D eigenvalue weighted by atomic mass is 9.62. The summed E-state index contributed by atoms with van der Waals surface area (Å²) in [4.78, 5) is 14.8. The standard InChI is InChI=1S/C29H37ClN6O/c1-35-14-3-5-23(35)19-37-28-33-26-17-29(10-2-4-20-16-21(30)6-7-25(20)29)11-8-24(26)27(34-28)36-15-13-32-22(18-36)9-12-31/h6-7,16,22-23,32H,2-5,8-11,13-15,17-19H2,1H3/t22-,23-,29?/m0/s1. The topological polar surface area (TPSA) is 77.3 Å². The molecule has 1 aromatic heterocycles. The molecule has 3 atom stereocenters. The molecule has 4 aliphatic rings. The van der Waals surface area contributed by atoms with E-state index in [2.05, 4.69) is 46.4 Å². The highest BCUT2D eigenvalue weighted by Gasteiger charge is 2.42. The van der Waals surface area contributed by atoms with Crippen molar-refractivity contribution >= 4 is 17.4 Å². The summed E-state index contributed by atoms with van der Waals surface area (Å²) in [7, 11) is 2.17. The van der Waals surface area contributed by atoms with Gasteiger partial charge in [-0.3, -0.25) is 0 Å². The number of hydrogen-bond donors (Lipinski definition) is 1. The van der Waals surface area contributed by atoms with Crippen LogP contribution in [-0.2, 0) is 24.7 Å². The molecule has 0 bridgehead atoms. The van der Waals surface area contributed by atoms with E-state index in [0.717, 1.165) is 74.8 Å². The zero-order chi connectivity index (χ0) is 25.4. The summed E-state index contributed by atoms with van der Waals surface area (Å²) in [5.41, 5.74) is 5.38. The number of benzene rings is 1. The molecule has 0 amide bonds. The van der Waals surface area contributed by atoms with Crippen LogP contribution in [0.15, 0.2) is 18.2 Å². The third kappa shape index (κ3) is 4.92. The van der Waals surface area contributed by atoms with Crippen LogP contribution in [0.4, 0.5) is 5.82 Å². The predicted molar refractivity (Wildman–Crippen MR) is 146 cm³/mol. The van der Waals surface area contributed by atoms with Crippen molar-refractivity contribution in [1.29, 1.82) is 5.26 Å². The van der Waals surface area contributed by atoms with Gasteiger partial charge in [-0.05, 0) is 88.2 Å². The Bertz CT molecular complexity index is 1200. The number of nitrogens with zero attached hydrogens (tertiary/aromatic N) is 5. The molecule has 2 aliphatic heterocycles. The number of aromatic nitrogens is 2. The van der Waals surface area contributed by atoms with Gasteiger partial charge in [0.05, 0.1) is 18.2 Å². The molecule has 2 fully saturated rings. The van der Waals surface area contributed by atoms with E-state index in [9.17, 15) is 5.26 Å². The fraction of sp³-hybridized carbons (Fsp3) is 0.621. The number of piperazine rings is 1. The first-order valence-corrected chi connectivity index (χ1v) is 14.3. The fourth-order valence-corrected chi connectivity index (χ4v) is 7.30. The van der Waals surface area contributed by atoms with Gasteiger partial charge in [-0.1, -0.05) is 17.7 Å². The second-order valence-electron chi connectivity index (χ2n) is 11.4. The lowest BCUT2D eigenvalue weighted by Crippen LogP contribution is -2.51. The van der Waals surface area contributed by atoms with Crippen molar-refractivity contribution in [2.75, 3.05) is 44.7 Å². The summed E-state index contributed by atoms with van der Waals surface area (Å²) < 4.78 is 6.32. The zero-order valence-electron chi connectivity index (χ0n) is 21.8. The van der Waals surface area contributed by atoms with Gasteiger partial charge >= 0.3 is 6.01 Å². The van der Waals surface area contributed by atoms with Crippen molar-refractivity contribution in [3.05, 3.63) is 45.6 Å². The maximum absolute atomic E-state index is 9.28. The van der Waals surface area contributed by atoms with Gasteiger partial charge in [0.15, 0.2) is 0 Å². The number of halogens is 1. The molecule has 3 heterocycles. The van der Waals surface area contributed by atoms with Crippen LogP contribution in [0.3, 0.4) is 0 Å². The van der Waals surface area contributed by atoms with Crippen molar-refractivity contribution in [2.24, 2.45) is 0 Å². The van der Waals surface area contributed by atoms with Gasteiger partial charge in [0.2, 0.25) is 0 Å². The first kappa shape index (κ1) is 24.9. The van der Waals surface area contributed by atoms with E-state index in [1.807, 2.05) is 0 Å². The maximum atomic E-state index is 9.28. The average Bonchev–Trinajstić information content (AvgIpc) is 3.31. The molecule has 6 rings (SSSR count). The Morgan fingerprint density at radius 1 is 1.22 bits per heavy atom. The van der Waals surface area contributed by atoms with Crippen LogP contribution >= 0.6 is 11.6 Å². The summed E-state index contributed by atoms with van der Waals surface area (Å²) in [6, 6.07) is 9.90. The average molecular weight is 521 g/mol. The van der Waals surface area contributed by atoms with E-state index in [0.29, 0.717) is 25.1 Å². The Morgan fingerprint density at radius 3 is 2.97 bits per heavy atom. The number of likely N-dealkylation sites (tertiary alicyclic amines) is 1. The number of fused-ring (bicyclic) bond motifs is 3. The lowest BCUT2D eigenvalue weighted by molar-refractivity contribution is 0.186. The fourth-order valence-electron chi connectivity index (χ4n) is 7.10. The van der Waals surface area contributed by atoms with E-state index in [1.54, 1.807) is 0 Å². The minimum absolute atomic E-state index is 0.104. The molecular weight excluding hydrogens is 484 g/mol. The highest BCUT2D eigenvalue weighted by atomic mass is 35.5. The second kappa shape index (κ2) is 10.4. The van der Waals surface area contributed by atoms with Crippen LogP contribution < -0.4 is 15.0 Å². The second-order valence-corrected chi connectivity index (χ2v) is 11.9. The molecule has 1 unspecified atom stereocenters. The number of hydrogen-bond acceptors (Lipinski definition) is 7. The van der Waals surface area contributed by atoms with Crippen molar-refractivity contribution in [3.63, 3.8) is 0 Å². The monoisotopic (exact) mass is 520 g/mol. The lowest BCUT2D eigenvalue weighted by Gasteiger charge is -2.43. The van der Waals surface area contributed by atoms with Gasteiger partial charge in [0.1, 0.15) is 12.4 Å². The largest absolute Gasteiger partial charge is 0.462 e. The van der Waals surface area contributed by atoms with Gasteiger partial charge in [-0.2, -0.15) is 15.2 Å². The maximum Gasteiger partial charge on any atom is 0.318 e. The summed E-state index contributed by atoms with van der Waals surface area (Å²) in [6.45, 7) is 4.26. The Labute approximate surface area is 225 Å². The third-order valence-electron chi connectivity index (χ3n) is 9.12. The minimum atomic E-state index is 0.104. The molecule has 2 saturated heterocycles. The minimum Gasteiger partial charge on any atom is -0.462 e. The number of rotatable bonds is 5. The van der Waals surface area contributed by atoms with Crippen LogP contribution in [0.25, 0.3) is 0 Å². The van der Waals surface area contributed by atoms with Crippen molar-refractivity contribution in [2.45, 2.75) is 75.3 Å². The molecule has 196 valence electrons. The van der Waals surface area contributed by atoms with Crippen LogP contribution in [0.5, 0.6) is 6.01 Å². The summed E-state index contributed by atoms with van der Waals surface area (Å²) in [5.74, 6) is 1.02. The number of anilines is 1. The number of aryl methyl sites for hydroxylation is 1. The predicted octanol–water partition coefficient (Wildman–Crippen LogP) is 4.06. The molecule has 0 saturated carbocycles. The summed E-state index contributed by atoms with van der Waals surface area (Å²) in [5, 5.41) is 13.6. The molecule has 2 aromatic rings. The smallest absolute Gasteiger partial charge is 0.318 e. The van der Waals surface area contributed by atoms with Gasteiger partial charge < -0.3 is 19.9 Å². The van der Waals surface area contributed by atoms with E-state index in [1.165, 1.54) is 36.0 Å². The van der Waals surface area contributed by atoms with E-state index in [4.69, 9.17) is 26.3 Å². The van der Waals surface area contributed by atoms with E-state index < -0.39 is 0 Å². The normalized spacial score (nSPS) is 27.5. The summed E-state index contributed by atoms with van der Waals surface area (Å²) >= 11 is 6.37. The molecule has 7 nitrogen and oxygen atoms in total. The van der Waals surface area contributed by atoms with Crippen molar-refractivity contribution < 1.29 is 4.74 Å². The molecule has 1 spiro atoms. The first-order chi connectivity index (χ1) is 18.0. The van der Waals surface area contributed by atoms with E-state index >= 15 is 0 Å². The molecule has 1 N–H and O–H groups in total. The van der Waals surface area contributed by atoms with Gasteiger partial charge in [-0.15, -0.1) is 0 Å². The molecule has 1 aromatic carbocycles. The van der Waals surface area contributed by atoms with Gasteiger partial charge in [0, 0.05) is 47.7 Å². The number of nitrogens with one attached hydrogen (secondary N) is 1. The highest BCUT2D eigenvalue weighted by molar-refractivity contribution is 6.30. The molecule has 2 aliphatic carbocycles. The highest BCUT2D eigenvalue weighted by Crippen LogP contribution is 2.48. The Morgan fingerprint density at radius 2 is 2.14 bits per heavy atom. The first-order valence-electron chi connectivity index (χ1n) is 13.9. The third-order valence-corrected chi connectivity index (χ3v) is 9.35. The molecule has 37 heavy (non-hydrogen) atoms. The number of ether oxygens (including phenoxy) is 1. The van der Waals surface area contributed by atoms with Crippen LogP contribution in [-0.4, -0.2) is 66.8 Å². The van der Waals surface area contributed by atoms with Crippen LogP contribution in [0, 0.1) is 11.3 Å². The van der Waals surface area contributed by atoms with Gasteiger partial charge in [-0.25, -0.2) is 0 Å². The molecule has 8 heteroatoms. The Kier molecular flexibility index (Phi) is 7.00. The Balaban J connectivity index is 1.34. The zero-order valence-corrected chi connectivity index (χ0v) is 22.6. The van der Waals surface area contributed by atoms with E-state index in [-0.39, 0.29) is 11.5 Å². The number of nitriles is 1. The number of likely N-dealkylation sites (N-methyl/N-ethyl adjacent to an activating group) is 1. The Hall–Kier alpha value is -2.40. The molecule has 0 radical (unpaired) electrons. The quantitative estimate of drug-likeness (QED) is 0.637.